The largest absolute Gasteiger partial charge is 0.0590 e. The van der Waals surface area contributed by atoms with Gasteiger partial charge in [0.1, 0.15) is 0 Å². The van der Waals surface area contributed by atoms with Crippen LogP contribution < -0.4 is 0 Å². The Bertz CT molecular complexity index is 432. The van der Waals surface area contributed by atoms with Gasteiger partial charge < -0.3 is 0 Å². The Balaban J connectivity index is 2.16. The molecule has 2 aliphatic carbocycles. The Morgan fingerprint density at radius 2 is 1.81 bits per heavy atom. The summed E-state index contributed by atoms with van der Waals surface area (Å²) in [4.78, 5) is 0. The number of hydrogen-bond acceptors (Lipinski definition) is 0. The zero-order chi connectivity index (χ0) is 11.4. The minimum Gasteiger partial charge on any atom is -0.0590 e. The third kappa shape index (κ3) is 1.16. The fraction of sp³-hybridized carbons (Fsp3) is 0.625. The molecular formula is C16H22. The molecule has 1 fully saturated rings. The lowest BCUT2D eigenvalue weighted by atomic mass is 9.58. The van der Waals surface area contributed by atoms with E-state index in [-0.39, 0.29) is 0 Å². The molecule has 0 nitrogen and oxygen atoms in total. The van der Waals surface area contributed by atoms with Crippen LogP contribution in [0, 0.1) is 12.3 Å². The summed E-state index contributed by atoms with van der Waals surface area (Å²) in [5.41, 5.74) is 5.69. The number of hydrogen-bond donors (Lipinski definition) is 0. The predicted molar refractivity (Wildman–Crippen MR) is 68.8 cm³/mol. The van der Waals surface area contributed by atoms with Crippen LogP contribution in [0.5, 0.6) is 0 Å². The van der Waals surface area contributed by atoms with Crippen molar-refractivity contribution in [3.05, 3.63) is 34.9 Å². The van der Waals surface area contributed by atoms with Gasteiger partial charge in [-0.3, -0.25) is 0 Å². The standard InChI is InChI=1S/C16H22/c1-12-6-7-14-13(10-12)11-15(2)8-4-5-9-16(14,15)3/h6-7,10H,4-5,8-9,11H2,1-3H3. The maximum absolute atomic E-state index is 2.52. The molecule has 2 aliphatic rings. The number of rotatable bonds is 0. The van der Waals surface area contributed by atoms with Gasteiger partial charge >= 0.3 is 0 Å². The Morgan fingerprint density at radius 3 is 2.62 bits per heavy atom. The molecule has 0 aromatic heterocycles. The van der Waals surface area contributed by atoms with Crippen molar-refractivity contribution in [3.63, 3.8) is 0 Å². The normalized spacial score (nSPS) is 36.9. The molecule has 0 aliphatic heterocycles. The SMILES string of the molecule is Cc1ccc2c(c1)CC1(C)CCCCC21C. The monoisotopic (exact) mass is 214 g/mol. The lowest BCUT2D eigenvalue weighted by Gasteiger charge is -2.46. The van der Waals surface area contributed by atoms with E-state index in [1.807, 2.05) is 0 Å². The van der Waals surface area contributed by atoms with Crippen molar-refractivity contribution in [2.45, 2.75) is 58.3 Å². The molecule has 1 aromatic carbocycles. The van der Waals surface area contributed by atoms with Crippen molar-refractivity contribution in [1.29, 1.82) is 0 Å². The molecule has 1 aromatic rings. The number of aryl methyl sites for hydroxylation is 1. The number of fused-ring (bicyclic) bond motifs is 3. The molecule has 0 spiro atoms. The van der Waals surface area contributed by atoms with E-state index in [4.69, 9.17) is 0 Å². The van der Waals surface area contributed by atoms with Gasteiger partial charge in [-0.2, -0.15) is 0 Å². The Labute approximate surface area is 99.1 Å². The van der Waals surface area contributed by atoms with Crippen LogP contribution in [0.1, 0.15) is 56.2 Å². The van der Waals surface area contributed by atoms with Crippen molar-refractivity contribution < 1.29 is 0 Å². The molecule has 3 rings (SSSR count). The van der Waals surface area contributed by atoms with Crippen LogP contribution >= 0.6 is 0 Å². The Morgan fingerprint density at radius 1 is 1.06 bits per heavy atom. The van der Waals surface area contributed by atoms with Crippen LogP contribution in [-0.2, 0) is 11.8 Å². The highest BCUT2D eigenvalue weighted by molar-refractivity contribution is 5.45. The van der Waals surface area contributed by atoms with Gasteiger partial charge in [0.2, 0.25) is 0 Å². The third-order valence-electron chi connectivity index (χ3n) is 5.42. The first-order valence-electron chi connectivity index (χ1n) is 6.65. The van der Waals surface area contributed by atoms with E-state index in [0.29, 0.717) is 10.8 Å². The van der Waals surface area contributed by atoms with Gasteiger partial charge in [-0.05, 0) is 48.1 Å². The van der Waals surface area contributed by atoms with E-state index in [1.165, 1.54) is 37.7 Å². The van der Waals surface area contributed by atoms with Crippen molar-refractivity contribution in [2.24, 2.45) is 5.41 Å². The molecular weight excluding hydrogens is 192 g/mol. The van der Waals surface area contributed by atoms with E-state index in [1.54, 1.807) is 11.1 Å². The van der Waals surface area contributed by atoms with Crippen molar-refractivity contribution in [1.82, 2.24) is 0 Å². The number of benzene rings is 1. The fourth-order valence-electron chi connectivity index (χ4n) is 4.14. The van der Waals surface area contributed by atoms with Gasteiger partial charge in [-0.1, -0.05) is 50.5 Å². The molecule has 1 saturated carbocycles. The molecule has 0 bridgehead atoms. The highest BCUT2D eigenvalue weighted by Crippen LogP contribution is 2.59. The predicted octanol–water partition coefficient (Wildman–Crippen LogP) is 4.39. The highest BCUT2D eigenvalue weighted by atomic mass is 14.6. The van der Waals surface area contributed by atoms with E-state index in [0.717, 1.165) is 0 Å². The zero-order valence-corrected chi connectivity index (χ0v) is 10.8. The minimum absolute atomic E-state index is 0.453. The van der Waals surface area contributed by atoms with Gasteiger partial charge in [0, 0.05) is 0 Å². The first-order valence-corrected chi connectivity index (χ1v) is 6.65. The summed E-state index contributed by atoms with van der Waals surface area (Å²) < 4.78 is 0. The maximum Gasteiger partial charge on any atom is -0.00156 e. The Hall–Kier alpha value is -0.780. The summed E-state index contributed by atoms with van der Waals surface area (Å²) in [6, 6.07) is 7.12. The average molecular weight is 214 g/mol. The molecule has 2 unspecified atom stereocenters. The van der Waals surface area contributed by atoms with Crippen LogP contribution in [0.2, 0.25) is 0 Å². The van der Waals surface area contributed by atoms with Crippen LogP contribution in [0.15, 0.2) is 18.2 Å². The molecule has 2 atom stereocenters. The summed E-state index contributed by atoms with van der Waals surface area (Å²) >= 11 is 0. The van der Waals surface area contributed by atoms with Crippen molar-refractivity contribution in [3.8, 4) is 0 Å². The van der Waals surface area contributed by atoms with Crippen LogP contribution in [-0.4, -0.2) is 0 Å². The van der Waals surface area contributed by atoms with Crippen molar-refractivity contribution in [2.75, 3.05) is 0 Å². The summed E-state index contributed by atoms with van der Waals surface area (Å²) in [5, 5.41) is 0. The second-order valence-corrected chi connectivity index (χ2v) is 6.44. The average Bonchev–Trinajstić information content (AvgIpc) is 2.45. The highest BCUT2D eigenvalue weighted by Gasteiger charge is 2.52. The summed E-state index contributed by atoms with van der Waals surface area (Å²) in [6.45, 7) is 7.24. The van der Waals surface area contributed by atoms with E-state index >= 15 is 0 Å². The maximum atomic E-state index is 2.52. The summed E-state index contributed by atoms with van der Waals surface area (Å²) in [7, 11) is 0. The fourth-order valence-corrected chi connectivity index (χ4v) is 4.14. The minimum atomic E-state index is 0.453. The second-order valence-electron chi connectivity index (χ2n) is 6.44. The first kappa shape index (κ1) is 10.4. The van der Waals surface area contributed by atoms with Gasteiger partial charge in [-0.15, -0.1) is 0 Å². The first-order chi connectivity index (χ1) is 7.55. The molecule has 0 heterocycles. The molecule has 86 valence electrons. The molecule has 16 heavy (non-hydrogen) atoms. The van der Waals surface area contributed by atoms with Gasteiger partial charge in [0.25, 0.3) is 0 Å². The molecule has 0 heteroatoms. The zero-order valence-electron chi connectivity index (χ0n) is 10.8. The van der Waals surface area contributed by atoms with Gasteiger partial charge in [0.05, 0.1) is 0 Å². The quantitative estimate of drug-likeness (QED) is 0.601. The third-order valence-corrected chi connectivity index (χ3v) is 5.42. The van der Waals surface area contributed by atoms with Crippen molar-refractivity contribution >= 4 is 0 Å². The van der Waals surface area contributed by atoms with Gasteiger partial charge in [-0.25, -0.2) is 0 Å². The molecule has 0 radical (unpaired) electrons. The molecule has 0 saturated heterocycles. The topological polar surface area (TPSA) is 0 Å². The second kappa shape index (κ2) is 3.12. The summed E-state index contributed by atoms with van der Waals surface area (Å²) in [6.07, 6.45) is 6.95. The van der Waals surface area contributed by atoms with Crippen LogP contribution in [0.4, 0.5) is 0 Å². The van der Waals surface area contributed by atoms with E-state index in [2.05, 4.69) is 39.0 Å². The Kier molecular flexibility index (Phi) is 2.02. The van der Waals surface area contributed by atoms with Crippen LogP contribution in [0.25, 0.3) is 0 Å². The lowest BCUT2D eigenvalue weighted by Crippen LogP contribution is -2.40. The van der Waals surface area contributed by atoms with Gasteiger partial charge in [0.15, 0.2) is 0 Å². The smallest absolute Gasteiger partial charge is 0.00156 e. The summed E-state index contributed by atoms with van der Waals surface area (Å²) in [5.74, 6) is 0. The molecule has 0 amide bonds. The van der Waals surface area contributed by atoms with E-state index in [9.17, 15) is 0 Å². The van der Waals surface area contributed by atoms with Crippen LogP contribution in [0.3, 0.4) is 0 Å². The molecule has 0 N–H and O–H groups in total. The lowest BCUT2D eigenvalue weighted by molar-refractivity contribution is 0.110. The van der Waals surface area contributed by atoms with E-state index < -0.39 is 0 Å².